The van der Waals surface area contributed by atoms with Crippen LogP contribution in [0.15, 0.2) is 47.4 Å². The minimum Gasteiger partial charge on any atom is -0.507 e. The second-order valence-corrected chi connectivity index (χ2v) is 7.62. The number of aryl methyl sites for hydroxylation is 1. The van der Waals surface area contributed by atoms with Crippen molar-refractivity contribution in [1.82, 2.24) is 4.90 Å². The van der Waals surface area contributed by atoms with Crippen molar-refractivity contribution in [2.45, 2.75) is 13.5 Å². The Morgan fingerprint density at radius 2 is 2.00 bits per heavy atom. The second kappa shape index (κ2) is 6.98. The number of aromatic hydroxyl groups is 1. The van der Waals surface area contributed by atoms with E-state index in [4.69, 9.17) is 0 Å². The fraction of sp³-hybridized carbons (Fsp3) is 0.111. The van der Waals surface area contributed by atoms with Crippen molar-refractivity contribution in [3.05, 3.63) is 67.6 Å². The number of phenols is 1. The zero-order valence-electron chi connectivity index (χ0n) is 12.8. The molecule has 3 rings (SSSR count). The summed E-state index contributed by atoms with van der Waals surface area (Å²) < 4.78 is 0.695. The number of hydrogen-bond donors (Lipinski definition) is 1. The first-order chi connectivity index (χ1) is 11.4. The maximum Gasteiger partial charge on any atom is 0.293 e. The van der Waals surface area contributed by atoms with Crippen LogP contribution in [-0.4, -0.2) is 21.2 Å². The third-order valence-electron chi connectivity index (χ3n) is 3.57. The SMILES string of the molecule is Cc1cccc(CN2C(=O)S/C(=C\c3ccc(O)c(I)c3)C2=O)c1. The Bertz CT molecular complexity index is 863. The minimum absolute atomic E-state index is 0.195. The van der Waals surface area contributed by atoms with Crippen LogP contribution < -0.4 is 0 Å². The lowest BCUT2D eigenvalue weighted by Crippen LogP contribution is -2.27. The summed E-state index contributed by atoms with van der Waals surface area (Å²) in [6.45, 7) is 2.25. The Morgan fingerprint density at radius 3 is 2.71 bits per heavy atom. The molecule has 1 aliphatic rings. The molecule has 0 bridgehead atoms. The number of amides is 2. The number of rotatable bonds is 3. The van der Waals surface area contributed by atoms with Crippen LogP contribution in [0.3, 0.4) is 0 Å². The van der Waals surface area contributed by atoms with E-state index in [0.717, 1.165) is 28.5 Å². The van der Waals surface area contributed by atoms with E-state index in [1.54, 1.807) is 24.3 Å². The molecule has 1 N–H and O–H groups in total. The van der Waals surface area contributed by atoms with Gasteiger partial charge in [0.25, 0.3) is 11.1 Å². The highest BCUT2D eigenvalue weighted by Gasteiger charge is 2.34. The number of phenolic OH excluding ortho intramolecular Hbond substituents is 1. The van der Waals surface area contributed by atoms with Crippen molar-refractivity contribution in [3.63, 3.8) is 0 Å². The molecule has 6 heteroatoms. The van der Waals surface area contributed by atoms with Crippen molar-refractivity contribution in [2.75, 3.05) is 0 Å². The van der Waals surface area contributed by atoms with Gasteiger partial charge in [-0.1, -0.05) is 35.9 Å². The smallest absolute Gasteiger partial charge is 0.293 e. The van der Waals surface area contributed by atoms with Crippen LogP contribution in [0.25, 0.3) is 6.08 Å². The van der Waals surface area contributed by atoms with Crippen LogP contribution in [0, 0.1) is 10.5 Å². The molecule has 0 unspecified atom stereocenters. The zero-order valence-corrected chi connectivity index (χ0v) is 15.8. The Kier molecular flexibility index (Phi) is 4.96. The standard InChI is InChI=1S/C18H14INO3S/c1-11-3-2-4-13(7-11)10-20-17(22)16(24-18(20)23)9-12-5-6-15(21)14(19)8-12/h2-9,21H,10H2,1H3/b16-9-. The summed E-state index contributed by atoms with van der Waals surface area (Å²) in [5.41, 5.74) is 2.80. The van der Waals surface area contributed by atoms with E-state index in [1.165, 1.54) is 4.90 Å². The van der Waals surface area contributed by atoms with E-state index < -0.39 is 0 Å². The summed E-state index contributed by atoms with van der Waals surface area (Å²) in [4.78, 5) is 26.4. The largest absolute Gasteiger partial charge is 0.507 e. The molecular weight excluding hydrogens is 437 g/mol. The van der Waals surface area contributed by atoms with Gasteiger partial charge in [-0.15, -0.1) is 0 Å². The molecule has 0 aliphatic carbocycles. The summed E-state index contributed by atoms with van der Waals surface area (Å²) in [5.74, 6) is -0.0881. The number of carbonyl (C=O) groups is 2. The molecular formula is C18H14INO3S. The fourth-order valence-electron chi connectivity index (χ4n) is 2.39. The lowest BCUT2D eigenvalue weighted by Gasteiger charge is -2.12. The molecule has 2 aromatic carbocycles. The van der Waals surface area contributed by atoms with Crippen LogP contribution in [0.4, 0.5) is 4.79 Å². The van der Waals surface area contributed by atoms with E-state index in [0.29, 0.717) is 8.48 Å². The maximum atomic E-state index is 12.5. The van der Waals surface area contributed by atoms with Crippen molar-refractivity contribution in [2.24, 2.45) is 0 Å². The predicted octanol–water partition coefficient (Wildman–Crippen LogP) is 4.54. The summed E-state index contributed by atoms with van der Waals surface area (Å²) in [6, 6.07) is 12.8. The van der Waals surface area contributed by atoms with Crippen LogP contribution in [0.1, 0.15) is 16.7 Å². The molecule has 1 heterocycles. The van der Waals surface area contributed by atoms with Crippen molar-refractivity contribution in [3.8, 4) is 5.75 Å². The van der Waals surface area contributed by atoms with Crippen molar-refractivity contribution in [1.29, 1.82) is 0 Å². The molecule has 4 nitrogen and oxygen atoms in total. The summed E-state index contributed by atoms with van der Waals surface area (Å²) in [6.07, 6.45) is 1.68. The third kappa shape index (κ3) is 3.64. The first-order valence-electron chi connectivity index (χ1n) is 7.23. The highest BCUT2D eigenvalue weighted by atomic mass is 127. The molecule has 0 radical (unpaired) electrons. The summed E-state index contributed by atoms with van der Waals surface area (Å²) in [5, 5.41) is 9.30. The van der Waals surface area contributed by atoms with Gasteiger partial charge in [-0.05, 0) is 70.6 Å². The Hall–Kier alpha value is -1.80. The maximum absolute atomic E-state index is 12.5. The molecule has 24 heavy (non-hydrogen) atoms. The number of hydrogen-bond acceptors (Lipinski definition) is 4. The highest BCUT2D eigenvalue weighted by Crippen LogP contribution is 2.34. The minimum atomic E-state index is -0.283. The highest BCUT2D eigenvalue weighted by molar-refractivity contribution is 14.1. The van der Waals surface area contributed by atoms with Gasteiger partial charge in [0.05, 0.1) is 15.0 Å². The molecule has 2 aromatic rings. The van der Waals surface area contributed by atoms with Gasteiger partial charge in [-0.2, -0.15) is 0 Å². The van der Waals surface area contributed by atoms with Gasteiger partial charge >= 0.3 is 0 Å². The van der Waals surface area contributed by atoms with Crippen molar-refractivity contribution >= 4 is 51.6 Å². The topological polar surface area (TPSA) is 57.6 Å². The number of nitrogens with zero attached hydrogens (tertiary/aromatic N) is 1. The molecule has 0 aromatic heterocycles. The molecule has 0 spiro atoms. The Balaban J connectivity index is 1.83. The van der Waals surface area contributed by atoms with Crippen LogP contribution >= 0.6 is 34.4 Å². The Labute approximate surface area is 157 Å². The molecule has 1 aliphatic heterocycles. The lowest BCUT2D eigenvalue weighted by atomic mass is 10.1. The van der Waals surface area contributed by atoms with Gasteiger partial charge in [0.1, 0.15) is 5.75 Å². The van der Waals surface area contributed by atoms with Gasteiger partial charge < -0.3 is 5.11 Å². The average molecular weight is 451 g/mol. The summed E-state index contributed by atoms with van der Waals surface area (Å²) in [7, 11) is 0. The van der Waals surface area contributed by atoms with Crippen LogP contribution in [0.2, 0.25) is 0 Å². The molecule has 1 fully saturated rings. The molecule has 0 saturated carbocycles. The van der Waals surface area contributed by atoms with Gasteiger partial charge in [-0.25, -0.2) is 0 Å². The average Bonchev–Trinajstić information content (AvgIpc) is 2.79. The fourth-order valence-corrected chi connectivity index (χ4v) is 3.77. The number of carbonyl (C=O) groups excluding carboxylic acids is 2. The van der Waals surface area contributed by atoms with E-state index in [1.807, 2.05) is 53.8 Å². The summed E-state index contributed by atoms with van der Waals surface area (Å²) >= 11 is 2.96. The quantitative estimate of drug-likeness (QED) is 0.550. The van der Waals surface area contributed by atoms with Gasteiger partial charge in [0.15, 0.2) is 0 Å². The lowest BCUT2D eigenvalue weighted by molar-refractivity contribution is -0.123. The van der Waals surface area contributed by atoms with Gasteiger partial charge in [0, 0.05) is 0 Å². The molecule has 2 amide bonds. The normalized spacial score (nSPS) is 16.2. The van der Waals surface area contributed by atoms with E-state index in [9.17, 15) is 14.7 Å². The Morgan fingerprint density at radius 1 is 1.21 bits per heavy atom. The van der Waals surface area contributed by atoms with E-state index in [2.05, 4.69) is 0 Å². The number of halogens is 1. The number of benzene rings is 2. The first kappa shape index (κ1) is 17.0. The monoisotopic (exact) mass is 451 g/mol. The van der Waals surface area contributed by atoms with Crippen molar-refractivity contribution < 1.29 is 14.7 Å². The van der Waals surface area contributed by atoms with E-state index >= 15 is 0 Å². The first-order valence-corrected chi connectivity index (χ1v) is 9.13. The molecule has 1 saturated heterocycles. The van der Waals surface area contributed by atoms with Crippen LogP contribution in [-0.2, 0) is 11.3 Å². The van der Waals surface area contributed by atoms with Crippen LogP contribution in [0.5, 0.6) is 5.75 Å². The molecule has 122 valence electrons. The number of thioether (sulfide) groups is 1. The second-order valence-electron chi connectivity index (χ2n) is 5.47. The third-order valence-corrected chi connectivity index (χ3v) is 5.34. The van der Waals surface area contributed by atoms with Gasteiger partial charge in [0.2, 0.25) is 0 Å². The number of imide groups is 1. The molecule has 0 atom stereocenters. The predicted molar refractivity (Wildman–Crippen MR) is 104 cm³/mol. The zero-order chi connectivity index (χ0) is 17.3. The van der Waals surface area contributed by atoms with Gasteiger partial charge in [-0.3, -0.25) is 14.5 Å². The van der Waals surface area contributed by atoms with E-state index in [-0.39, 0.29) is 23.4 Å².